The number of ether oxygens (including phenoxy) is 1. The average molecular weight is 317 g/mol. The first-order valence-electron chi connectivity index (χ1n) is 6.11. The smallest absolute Gasteiger partial charge is 0.219 e. The van der Waals surface area contributed by atoms with Gasteiger partial charge >= 0.3 is 0 Å². The van der Waals surface area contributed by atoms with E-state index in [1.807, 2.05) is 13.0 Å². The zero-order valence-corrected chi connectivity index (χ0v) is 13.0. The molecule has 1 aromatic carbocycles. The molecular formula is C13H17ClN2O3S. The summed E-state index contributed by atoms with van der Waals surface area (Å²) in [6.07, 6.45) is 0.657. The Hall–Kier alpha value is -1.29. The van der Waals surface area contributed by atoms with Crippen LogP contribution < -0.4 is 4.74 Å². The minimum Gasteiger partial charge on any atom is -0.495 e. The van der Waals surface area contributed by atoms with Gasteiger partial charge in [0.1, 0.15) is 12.3 Å². The molecule has 1 rings (SSSR count). The summed E-state index contributed by atoms with van der Waals surface area (Å²) in [4.78, 5) is 0. The highest BCUT2D eigenvalue weighted by atomic mass is 35.5. The largest absolute Gasteiger partial charge is 0.495 e. The Kier molecular flexibility index (Phi) is 6.27. The van der Waals surface area contributed by atoms with Crippen LogP contribution in [0.4, 0.5) is 0 Å². The Morgan fingerprint density at radius 1 is 1.45 bits per heavy atom. The van der Waals surface area contributed by atoms with Crippen LogP contribution in [0.2, 0.25) is 5.02 Å². The molecule has 0 saturated heterocycles. The van der Waals surface area contributed by atoms with E-state index < -0.39 is 10.0 Å². The van der Waals surface area contributed by atoms with Crippen molar-refractivity contribution in [1.29, 1.82) is 5.26 Å². The van der Waals surface area contributed by atoms with Crippen LogP contribution in [-0.2, 0) is 15.8 Å². The molecule has 20 heavy (non-hydrogen) atoms. The zero-order chi connectivity index (χ0) is 15.2. The molecule has 0 unspecified atom stereocenters. The van der Waals surface area contributed by atoms with Crippen molar-refractivity contribution in [3.8, 4) is 11.8 Å². The molecule has 0 aromatic heterocycles. The van der Waals surface area contributed by atoms with Gasteiger partial charge in [-0.3, -0.25) is 0 Å². The first-order chi connectivity index (χ1) is 9.44. The fourth-order valence-electron chi connectivity index (χ4n) is 1.75. The molecule has 0 heterocycles. The lowest BCUT2D eigenvalue weighted by Gasteiger charge is -2.18. The van der Waals surface area contributed by atoms with Gasteiger partial charge in [0.25, 0.3) is 0 Å². The third-order valence-corrected chi connectivity index (χ3v) is 4.77. The number of hydrogen-bond donors (Lipinski definition) is 0. The van der Waals surface area contributed by atoms with Crippen molar-refractivity contribution < 1.29 is 13.2 Å². The van der Waals surface area contributed by atoms with E-state index >= 15 is 0 Å². The van der Waals surface area contributed by atoms with Gasteiger partial charge in [0.2, 0.25) is 10.0 Å². The molecule has 0 saturated carbocycles. The monoisotopic (exact) mass is 316 g/mol. The number of rotatable bonds is 7. The Morgan fingerprint density at radius 3 is 2.65 bits per heavy atom. The standard InChI is InChI=1S/C13H17ClN2O3S/c1-3-7-16(8-6-15)20(17,18)10-11-4-5-13(19-2)12(14)9-11/h4-5,9H,3,7-8,10H2,1-2H3. The van der Waals surface area contributed by atoms with E-state index in [1.165, 1.54) is 11.4 Å². The van der Waals surface area contributed by atoms with Crippen LogP contribution in [0.3, 0.4) is 0 Å². The summed E-state index contributed by atoms with van der Waals surface area (Å²) >= 11 is 5.97. The van der Waals surface area contributed by atoms with Gasteiger partial charge in [-0.15, -0.1) is 0 Å². The Labute approximate surface area is 124 Å². The van der Waals surface area contributed by atoms with Crippen LogP contribution in [0.5, 0.6) is 5.75 Å². The molecule has 0 amide bonds. The minimum atomic E-state index is -3.52. The van der Waals surface area contributed by atoms with Crippen molar-refractivity contribution in [3.63, 3.8) is 0 Å². The summed E-state index contributed by atoms with van der Waals surface area (Å²) in [5.74, 6) is 0.313. The Balaban J connectivity index is 2.95. The van der Waals surface area contributed by atoms with Gasteiger partial charge in [0.15, 0.2) is 0 Å². The molecule has 0 radical (unpaired) electrons. The van der Waals surface area contributed by atoms with Crippen LogP contribution in [0.15, 0.2) is 18.2 Å². The van der Waals surface area contributed by atoms with Crippen molar-refractivity contribution in [3.05, 3.63) is 28.8 Å². The third kappa shape index (κ3) is 4.37. The number of methoxy groups -OCH3 is 1. The molecule has 0 fully saturated rings. The van der Waals surface area contributed by atoms with E-state index in [0.29, 0.717) is 29.3 Å². The average Bonchev–Trinajstić information content (AvgIpc) is 2.38. The fourth-order valence-corrected chi connectivity index (χ4v) is 3.53. The maximum atomic E-state index is 12.2. The van der Waals surface area contributed by atoms with E-state index in [0.717, 1.165) is 0 Å². The number of nitriles is 1. The Bertz CT molecular complexity index is 596. The van der Waals surface area contributed by atoms with E-state index in [1.54, 1.807) is 18.2 Å². The van der Waals surface area contributed by atoms with Crippen molar-refractivity contribution in [1.82, 2.24) is 4.31 Å². The summed E-state index contributed by atoms with van der Waals surface area (Å²) in [6, 6.07) is 6.72. The van der Waals surface area contributed by atoms with Crippen LogP contribution in [-0.4, -0.2) is 32.9 Å². The molecule has 0 N–H and O–H groups in total. The van der Waals surface area contributed by atoms with E-state index in [-0.39, 0.29) is 12.3 Å². The van der Waals surface area contributed by atoms with Crippen LogP contribution in [0.25, 0.3) is 0 Å². The summed E-state index contributed by atoms with van der Waals surface area (Å²) in [5, 5.41) is 9.07. The van der Waals surface area contributed by atoms with Crippen molar-refractivity contribution >= 4 is 21.6 Å². The van der Waals surface area contributed by atoms with Gasteiger partial charge < -0.3 is 4.74 Å². The molecule has 0 atom stereocenters. The summed E-state index contributed by atoms with van der Waals surface area (Å²) in [7, 11) is -2.03. The van der Waals surface area contributed by atoms with Crippen molar-refractivity contribution in [2.75, 3.05) is 20.2 Å². The number of hydrogen-bond acceptors (Lipinski definition) is 4. The van der Waals surface area contributed by atoms with Crippen LogP contribution in [0.1, 0.15) is 18.9 Å². The van der Waals surface area contributed by atoms with Crippen molar-refractivity contribution in [2.24, 2.45) is 0 Å². The second-order valence-electron chi connectivity index (χ2n) is 4.22. The minimum absolute atomic E-state index is 0.139. The topological polar surface area (TPSA) is 70.4 Å². The highest BCUT2D eigenvalue weighted by molar-refractivity contribution is 7.88. The second kappa shape index (κ2) is 7.48. The lowest BCUT2D eigenvalue weighted by Crippen LogP contribution is -2.33. The SMILES string of the molecule is CCCN(CC#N)S(=O)(=O)Cc1ccc(OC)c(Cl)c1. The normalized spacial score (nSPS) is 11.3. The predicted octanol–water partition coefficient (Wildman–Crippen LogP) is 2.41. The quantitative estimate of drug-likeness (QED) is 0.724. The summed E-state index contributed by atoms with van der Waals surface area (Å²) in [5.41, 5.74) is 0.565. The fraction of sp³-hybridized carbons (Fsp3) is 0.462. The molecule has 0 aliphatic heterocycles. The summed E-state index contributed by atoms with van der Waals surface area (Å²) in [6.45, 7) is 2.06. The lowest BCUT2D eigenvalue weighted by atomic mass is 10.2. The first kappa shape index (κ1) is 16.8. The number of nitrogens with zero attached hydrogens (tertiary/aromatic N) is 2. The van der Waals surface area contributed by atoms with Gasteiger partial charge in [-0.05, 0) is 24.1 Å². The molecule has 0 spiro atoms. The highest BCUT2D eigenvalue weighted by Gasteiger charge is 2.21. The zero-order valence-electron chi connectivity index (χ0n) is 11.5. The molecular weight excluding hydrogens is 300 g/mol. The molecule has 0 aliphatic rings. The molecule has 0 aliphatic carbocycles. The number of benzene rings is 1. The van der Waals surface area contributed by atoms with Gasteiger partial charge in [0.05, 0.1) is 24.0 Å². The maximum Gasteiger partial charge on any atom is 0.219 e. The van der Waals surface area contributed by atoms with Crippen LogP contribution in [0, 0.1) is 11.3 Å². The Morgan fingerprint density at radius 2 is 2.15 bits per heavy atom. The van der Waals surface area contributed by atoms with Gasteiger partial charge in [-0.1, -0.05) is 24.6 Å². The molecule has 7 heteroatoms. The third-order valence-electron chi connectivity index (χ3n) is 2.68. The molecule has 5 nitrogen and oxygen atoms in total. The summed E-state index contributed by atoms with van der Waals surface area (Å²) < 4.78 is 30.7. The maximum absolute atomic E-state index is 12.2. The van der Waals surface area contributed by atoms with Crippen LogP contribution >= 0.6 is 11.6 Å². The molecule has 0 bridgehead atoms. The predicted molar refractivity (Wildman–Crippen MR) is 78.1 cm³/mol. The number of halogens is 1. The van der Waals surface area contributed by atoms with E-state index in [4.69, 9.17) is 21.6 Å². The lowest BCUT2D eigenvalue weighted by molar-refractivity contribution is 0.415. The first-order valence-corrected chi connectivity index (χ1v) is 8.10. The van der Waals surface area contributed by atoms with Gasteiger partial charge in [-0.2, -0.15) is 9.57 Å². The highest BCUT2D eigenvalue weighted by Crippen LogP contribution is 2.26. The van der Waals surface area contributed by atoms with Gasteiger partial charge in [-0.25, -0.2) is 8.42 Å². The van der Waals surface area contributed by atoms with Gasteiger partial charge in [0, 0.05) is 6.54 Å². The second-order valence-corrected chi connectivity index (χ2v) is 6.59. The van der Waals surface area contributed by atoms with Crippen molar-refractivity contribution in [2.45, 2.75) is 19.1 Å². The number of sulfonamides is 1. The molecule has 110 valence electrons. The molecule has 1 aromatic rings. The van der Waals surface area contributed by atoms with E-state index in [2.05, 4.69) is 0 Å². The van der Waals surface area contributed by atoms with E-state index in [9.17, 15) is 8.42 Å².